The average molecular weight is 573 g/mol. The molecule has 42 heavy (non-hydrogen) atoms. The first-order chi connectivity index (χ1) is 20.3. The Hall–Kier alpha value is -3.94. The van der Waals surface area contributed by atoms with Crippen LogP contribution in [0.15, 0.2) is 66.6 Å². The minimum atomic E-state index is 0.540. The minimum absolute atomic E-state index is 0.540. The van der Waals surface area contributed by atoms with E-state index in [9.17, 15) is 0 Å². The molecule has 1 aliphatic rings. The lowest BCUT2D eigenvalue weighted by Gasteiger charge is -2.08. The Balaban J connectivity index is 0.000000289. The van der Waals surface area contributed by atoms with Gasteiger partial charge in [0.05, 0.1) is 12.2 Å². The van der Waals surface area contributed by atoms with Crippen LogP contribution in [0.1, 0.15) is 129 Å². The van der Waals surface area contributed by atoms with E-state index in [2.05, 4.69) is 96.2 Å². The summed E-state index contributed by atoms with van der Waals surface area (Å²) in [6, 6.07) is 10.2. The summed E-state index contributed by atoms with van der Waals surface area (Å²) in [6.07, 6.45) is 11.2. The van der Waals surface area contributed by atoms with E-state index in [1.54, 1.807) is 17.2 Å². The van der Waals surface area contributed by atoms with E-state index in [1.165, 1.54) is 22.3 Å². The molecule has 5 aromatic heterocycles. The minimum Gasteiger partial charge on any atom is -0.289 e. The van der Waals surface area contributed by atoms with Crippen molar-refractivity contribution < 1.29 is 0 Å². The van der Waals surface area contributed by atoms with Gasteiger partial charge in [-0.1, -0.05) is 95.2 Å². The van der Waals surface area contributed by atoms with E-state index >= 15 is 0 Å². The van der Waals surface area contributed by atoms with Gasteiger partial charge in [-0.2, -0.15) is 5.10 Å². The summed E-state index contributed by atoms with van der Waals surface area (Å²) >= 11 is 0. The van der Waals surface area contributed by atoms with E-state index < -0.39 is 0 Å². The van der Waals surface area contributed by atoms with Crippen molar-refractivity contribution in [3.63, 3.8) is 0 Å². The third kappa shape index (κ3) is 10.2. The zero-order valence-corrected chi connectivity index (χ0v) is 27.9. The highest BCUT2D eigenvalue weighted by molar-refractivity contribution is 5.85. The van der Waals surface area contributed by atoms with Gasteiger partial charge in [-0.3, -0.25) is 14.4 Å². The van der Waals surface area contributed by atoms with Crippen molar-refractivity contribution >= 4 is 17.5 Å². The van der Waals surface area contributed by atoms with Crippen LogP contribution in [0.5, 0.6) is 0 Å². The molecule has 228 valence electrons. The molecule has 5 aromatic rings. The van der Waals surface area contributed by atoms with Crippen molar-refractivity contribution in [2.75, 3.05) is 0 Å². The van der Waals surface area contributed by atoms with Gasteiger partial charge in [-0.25, -0.2) is 9.50 Å². The molecule has 0 saturated carbocycles. The van der Waals surface area contributed by atoms with Crippen molar-refractivity contribution in [1.29, 1.82) is 0 Å². The van der Waals surface area contributed by atoms with Crippen LogP contribution in [-0.4, -0.2) is 40.4 Å². The summed E-state index contributed by atoms with van der Waals surface area (Å²) in [5.74, 6) is 1.65. The maximum Gasteiger partial charge on any atom is 0.160 e. The first kappa shape index (κ1) is 36.1. The van der Waals surface area contributed by atoms with Crippen LogP contribution >= 0.6 is 0 Å². The Morgan fingerprint density at radius 3 is 1.93 bits per heavy atom. The predicted octanol–water partition coefficient (Wildman–Crippen LogP) is 8.92. The SMILES string of the molecule is CC.CC.CC.CC(C)c1ccc2ncnn2c1.CC(C)c1ccc2nncn2c1.CC(C)c1ccnc2c1C=NC2. The van der Waals surface area contributed by atoms with Gasteiger partial charge in [0.1, 0.15) is 12.7 Å². The van der Waals surface area contributed by atoms with E-state index in [0.717, 1.165) is 23.5 Å². The van der Waals surface area contributed by atoms with Crippen molar-refractivity contribution in [2.45, 2.75) is 107 Å². The third-order valence-corrected chi connectivity index (χ3v) is 6.13. The molecule has 0 unspecified atom stereocenters. The maximum atomic E-state index is 4.28. The Labute approximate surface area is 253 Å². The largest absolute Gasteiger partial charge is 0.289 e. The monoisotopic (exact) mass is 572 g/mol. The topological polar surface area (TPSA) is 85.6 Å². The predicted molar refractivity (Wildman–Crippen MR) is 178 cm³/mol. The molecule has 0 bridgehead atoms. The summed E-state index contributed by atoms with van der Waals surface area (Å²) in [6.45, 7) is 25.8. The zero-order chi connectivity index (χ0) is 31.7. The molecule has 0 aliphatic carbocycles. The number of nitrogens with zero attached hydrogens (tertiary/aromatic N) is 8. The molecule has 0 atom stereocenters. The molecule has 0 amide bonds. The molecule has 6 rings (SSSR count). The number of hydrogen-bond acceptors (Lipinski definition) is 6. The van der Waals surface area contributed by atoms with Crippen molar-refractivity contribution in [2.24, 2.45) is 4.99 Å². The van der Waals surface area contributed by atoms with Crippen LogP contribution < -0.4 is 0 Å². The van der Waals surface area contributed by atoms with Gasteiger partial charge in [-0.05, 0) is 52.6 Å². The van der Waals surface area contributed by atoms with E-state index in [1.807, 2.05) is 76.7 Å². The van der Waals surface area contributed by atoms with Crippen LogP contribution in [0.3, 0.4) is 0 Å². The van der Waals surface area contributed by atoms with E-state index in [4.69, 9.17) is 0 Å². The molecule has 0 aromatic carbocycles. The fourth-order valence-electron chi connectivity index (χ4n) is 3.90. The van der Waals surface area contributed by atoms with Gasteiger partial charge >= 0.3 is 0 Å². The molecular formula is C34H52N8. The lowest BCUT2D eigenvalue weighted by atomic mass is 9.98. The van der Waals surface area contributed by atoms with Gasteiger partial charge in [0.2, 0.25) is 0 Å². The Bertz CT molecular complexity index is 1380. The highest BCUT2D eigenvalue weighted by atomic mass is 15.3. The van der Waals surface area contributed by atoms with Crippen LogP contribution in [0.25, 0.3) is 11.3 Å². The molecule has 8 heteroatoms. The highest BCUT2D eigenvalue weighted by Crippen LogP contribution is 2.23. The van der Waals surface area contributed by atoms with Crippen LogP contribution in [-0.2, 0) is 6.54 Å². The van der Waals surface area contributed by atoms with Crippen LogP contribution in [0.2, 0.25) is 0 Å². The Kier molecular flexibility index (Phi) is 16.5. The molecule has 0 saturated heterocycles. The van der Waals surface area contributed by atoms with Gasteiger partial charge in [0.15, 0.2) is 11.3 Å². The van der Waals surface area contributed by atoms with E-state index in [0.29, 0.717) is 17.8 Å². The summed E-state index contributed by atoms with van der Waals surface area (Å²) in [4.78, 5) is 12.6. The van der Waals surface area contributed by atoms with Gasteiger partial charge in [0.25, 0.3) is 0 Å². The van der Waals surface area contributed by atoms with Crippen molar-refractivity contribution in [3.05, 3.63) is 89.5 Å². The quantitative estimate of drug-likeness (QED) is 0.215. The Morgan fingerprint density at radius 2 is 1.31 bits per heavy atom. The maximum absolute atomic E-state index is 4.28. The molecule has 8 nitrogen and oxygen atoms in total. The number of fused-ring (bicyclic) bond motifs is 3. The lowest BCUT2D eigenvalue weighted by Crippen LogP contribution is -1.98. The second-order valence-electron chi connectivity index (χ2n) is 9.78. The second-order valence-corrected chi connectivity index (χ2v) is 9.78. The van der Waals surface area contributed by atoms with Crippen LogP contribution in [0, 0.1) is 0 Å². The standard InChI is InChI=1S/C10H12N2.2C9H11N3.3C2H6/c1-7(2)8-3-4-12-10-6-11-5-9(8)10;1-7(2)8-3-4-9-11-10-6-12(9)5-8;1-7(2)8-3-4-9-10-6-11-12(9)5-8;3*1-2/h3-5,7H,6H2,1-2H3;2*3-7H,1-2H3;3*1-2H3. The second kappa shape index (κ2) is 19.2. The number of pyridine rings is 3. The molecule has 6 heterocycles. The van der Waals surface area contributed by atoms with Crippen LogP contribution in [0.4, 0.5) is 0 Å². The molecular weight excluding hydrogens is 520 g/mol. The fraction of sp³-hybridized carbons (Fsp3) is 0.471. The normalized spacial score (nSPS) is 10.8. The summed E-state index contributed by atoms with van der Waals surface area (Å²) in [5, 5.41) is 11.8. The third-order valence-electron chi connectivity index (χ3n) is 6.13. The smallest absolute Gasteiger partial charge is 0.160 e. The first-order valence-electron chi connectivity index (χ1n) is 15.4. The first-order valence-corrected chi connectivity index (χ1v) is 15.4. The van der Waals surface area contributed by atoms with E-state index in [-0.39, 0.29) is 0 Å². The van der Waals surface area contributed by atoms with Gasteiger partial charge < -0.3 is 0 Å². The van der Waals surface area contributed by atoms with Gasteiger partial charge in [0, 0.05) is 30.4 Å². The number of aliphatic imine (C=N–C) groups is 1. The summed E-state index contributed by atoms with van der Waals surface area (Å²) in [7, 11) is 0. The van der Waals surface area contributed by atoms with Gasteiger partial charge in [-0.15, -0.1) is 10.2 Å². The average Bonchev–Trinajstić information content (AvgIpc) is 3.80. The number of rotatable bonds is 3. The fourth-order valence-corrected chi connectivity index (χ4v) is 3.90. The molecule has 0 fully saturated rings. The zero-order valence-electron chi connectivity index (χ0n) is 27.9. The number of hydrogen-bond donors (Lipinski definition) is 0. The summed E-state index contributed by atoms with van der Waals surface area (Å²) in [5.41, 5.74) is 8.13. The highest BCUT2D eigenvalue weighted by Gasteiger charge is 2.13. The molecule has 0 N–H and O–H groups in total. The van der Waals surface area contributed by atoms with Crippen molar-refractivity contribution in [1.82, 2.24) is 34.2 Å². The molecule has 1 aliphatic heterocycles. The summed E-state index contributed by atoms with van der Waals surface area (Å²) < 4.78 is 3.74. The molecule has 0 spiro atoms. The Morgan fingerprint density at radius 1 is 0.690 bits per heavy atom. The lowest BCUT2D eigenvalue weighted by molar-refractivity contribution is 0.835. The van der Waals surface area contributed by atoms with Crippen molar-refractivity contribution in [3.8, 4) is 0 Å². The molecule has 0 radical (unpaired) electrons. The number of aromatic nitrogens is 7.